The van der Waals surface area contributed by atoms with Crippen LogP contribution in [-0.2, 0) is 14.8 Å². The van der Waals surface area contributed by atoms with E-state index in [9.17, 15) is 13.2 Å². The molecule has 1 aliphatic heterocycles. The number of nitrogens with zero attached hydrogens (tertiary/aromatic N) is 3. The highest BCUT2D eigenvalue weighted by molar-refractivity contribution is 7.89. The van der Waals surface area contributed by atoms with Crippen molar-refractivity contribution in [1.82, 2.24) is 9.21 Å². The van der Waals surface area contributed by atoms with Crippen molar-refractivity contribution in [2.24, 2.45) is 0 Å². The molecule has 0 unspecified atom stereocenters. The normalized spacial score (nSPS) is 15.2. The van der Waals surface area contributed by atoms with Crippen molar-refractivity contribution in [2.45, 2.75) is 32.6 Å². The van der Waals surface area contributed by atoms with Crippen LogP contribution in [0.25, 0.3) is 0 Å². The lowest BCUT2D eigenvalue weighted by atomic mass is 10.1. The molecular weight excluding hydrogens is 424 g/mol. The van der Waals surface area contributed by atoms with Gasteiger partial charge in [0, 0.05) is 50.6 Å². The summed E-state index contributed by atoms with van der Waals surface area (Å²) in [7, 11) is -3.57. The Balaban J connectivity index is 1.61. The molecule has 1 heterocycles. The smallest absolute Gasteiger partial charge is 0.243 e. The first-order valence-corrected chi connectivity index (χ1v) is 12.6. The monoisotopic (exact) mass is 458 g/mol. The number of rotatable bonds is 8. The Labute approximate surface area is 192 Å². The van der Waals surface area contributed by atoms with Gasteiger partial charge >= 0.3 is 0 Å². The maximum absolute atomic E-state index is 12.8. The van der Waals surface area contributed by atoms with Crippen molar-refractivity contribution in [3.05, 3.63) is 53.6 Å². The van der Waals surface area contributed by atoms with Crippen LogP contribution in [0.15, 0.2) is 47.4 Å². The molecule has 0 saturated carbocycles. The first kappa shape index (κ1) is 24.2. The Morgan fingerprint density at radius 2 is 1.62 bits per heavy atom. The Kier molecular flexibility index (Phi) is 7.92. The molecule has 1 amide bonds. The van der Waals surface area contributed by atoms with Gasteiger partial charge in [-0.05, 0) is 43.2 Å². The zero-order valence-corrected chi connectivity index (χ0v) is 20.3. The minimum atomic E-state index is -3.57. The predicted octanol–water partition coefficient (Wildman–Crippen LogP) is 3.09. The summed E-state index contributed by atoms with van der Waals surface area (Å²) >= 11 is 0. The maximum Gasteiger partial charge on any atom is 0.243 e. The predicted molar refractivity (Wildman–Crippen MR) is 130 cm³/mol. The van der Waals surface area contributed by atoms with E-state index in [4.69, 9.17) is 0 Å². The van der Waals surface area contributed by atoms with Gasteiger partial charge < -0.3 is 10.2 Å². The van der Waals surface area contributed by atoms with Crippen LogP contribution in [0, 0.1) is 13.8 Å². The van der Waals surface area contributed by atoms with Crippen molar-refractivity contribution in [3.8, 4) is 0 Å². The van der Waals surface area contributed by atoms with E-state index in [0.717, 1.165) is 31.7 Å². The molecule has 0 aliphatic carbocycles. The Morgan fingerprint density at radius 1 is 0.969 bits per heavy atom. The fourth-order valence-corrected chi connectivity index (χ4v) is 5.55. The van der Waals surface area contributed by atoms with E-state index in [0.29, 0.717) is 18.8 Å². The average molecular weight is 459 g/mol. The number of para-hydroxylation sites is 1. The van der Waals surface area contributed by atoms with Gasteiger partial charge in [-0.25, -0.2) is 8.42 Å². The molecule has 0 radical (unpaired) electrons. The highest BCUT2D eigenvalue weighted by Gasteiger charge is 2.23. The summed E-state index contributed by atoms with van der Waals surface area (Å²) in [6.07, 6.45) is 0. The Morgan fingerprint density at radius 3 is 2.25 bits per heavy atom. The first-order chi connectivity index (χ1) is 15.3. The molecule has 1 aliphatic rings. The van der Waals surface area contributed by atoms with Crippen LogP contribution in [0.3, 0.4) is 0 Å². The highest BCUT2D eigenvalue weighted by atomic mass is 32.2. The summed E-state index contributed by atoms with van der Waals surface area (Å²) in [5.41, 5.74) is 3.88. The molecule has 32 heavy (non-hydrogen) atoms. The number of hydrogen-bond donors (Lipinski definition) is 1. The molecule has 1 N–H and O–H groups in total. The number of hydrogen-bond acceptors (Lipinski definition) is 5. The molecule has 7 nitrogen and oxygen atoms in total. The molecule has 8 heteroatoms. The number of piperazine rings is 1. The molecule has 0 atom stereocenters. The fourth-order valence-electron chi connectivity index (χ4n) is 4.07. The number of carbonyl (C=O) groups is 1. The molecule has 1 saturated heterocycles. The molecule has 174 valence electrons. The van der Waals surface area contributed by atoms with Gasteiger partial charge in [-0.1, -0.05) is 38.1 Å². The molecule has 3 rings (SSSR count). The second-order valence-electron chi connectivity index (χ2n) is 8.16. The van der Waals surface area contributed by atoms with Crippen LogP contribution in [0.1, 0.15) is 25.0 Å². The third-order valence-corrected chi connectivity index (χ3v) is 8.07. The van der Waals surface area contributed by atoms with Gasteiger partial charge in [-0.2, -0.15) is 4.31 Å². The fraction of sp³-hybridized carbons (Fsp3) is 0.458. The van der Waals surface area contributed by atoms with Gasteiger partial charge in [0.05, 0.1) is 11.4 Å². The summed E-state index contributed by atoms with van der Waals surface area (Å²) in [4.78, 5) is 17.4. The van der Waals surface area contributed by atoms with E-state index in [-0.39, 0.29) is 17.3 Å². The van der Waals surface area contributed by atoms with Gasteiger partial charge in [0.1, 0.15) is 0 Å². The van der Waals surface area contributed by atoms with E-state index in [1.54, 1.807) is 18.2 Å². The van der Waals surface area contributed by atoms with Gasteiger partial charge in [0.2, 0.25) is 15.9 Å². The van der Waals surface area contributed by atoms with Gasteiger partial charge in [-0.15, -0.1) is 0 Å². The van der Waals surface area contributed by atoms with E-state index >= 15 is 0 Å². The minimum absolute atomic E-state index is 0.130. The van der Waals surface area contributed by atoms with Gasteiger partial charge in [-0.3, -0.25) is 9.69 Å². The second kappa shape index (κ2) is 10.5. The van der Waals surface area contributed by atoms with Crippen LogP contribution in [0.5, 0.6) is 0 Å². The van der Waals surface area contributed by atoms with Crippen LogP contribution < -0.4 is 10.2 Å². The molecule has 0 aromatic heterocycles. The van der Waals surface area contributed by atoms with E-state index in [1.807, 2.05) is 26.8 Å². The summed E-state index contributed by atoms with van der Waals surface area (Å²) in [5.74, 6) is -0.130. The third kappa shape index (κ3) is 5.49. The molecular formula is C24H34N4O3S. The molecule has 1 fully saturated rings. The number of carbonyl (C=O) groups excluding carboxylic acids is 1. The lowest BCUT2D eigenvalue weighted by Gasteiger charge is -2.36. The lowest BCUT2D eigenvalue weighted by molar-refractivity contribution is -0.117. The summed E-state index contributed by atoms with van der Waals surface area (Å²) < 4.78 is 27.1. The Bertz CT molecular complexity index is 1040. The highest BCUT2D eigenvalue weighted by Crippen LogP contribution is 2.24. The first-order valence-electron chi connectivity index (χ1n) is 11.2. The van der Waals surface area contributed by atoms with Crippen molar-refractivity contribution in [3.63, 3.8) is 0 Å². The van der Waals surface area contributed by atoms with E-state index in [1.165, 1.54) is 15.6 Å². The zero-order chi connectivity index (χ0) is 23.3. The number of sulfonamides is 1. The van der Waals surface area contributed by atoms with Crippen molar-refractivity contribution in [2.75, 3.05) is 56.0 Å². The van der Waals surface area contributed by atoms with Crippen LogP contribution in [-0.4, -0.2) is 69.3 Å². The number of benzene rings is 2. The number of aryl methyl sites for hydroxylation is 2. The lowest BCUT2D eigenvalue weighted by Crippen LogP contribution is -2.48. The number of amides is 1. The number of anilines is 2. The van der Waals surface area contributed by atoms with Crippen LogP contribution in [0.2, 0.25) is 0 Å². The van der Waals surface area contributed by atoms with E-state index in [2.05, 4.69) is 40.2 Å². The Hall–Kier alpha value is -2.42. The molecule has 2 aromatic carbocycles. The summed E-state index contributed by atoms with van der Waals surface area (Å²) in [6, 6.07) is 13.3. The SMILES string of the molecule is CCN(CC)S(=O)(=O)c1ccc(C)c(NC(=O)CN2CCN(c3ccccc3C)CC2)c1. The van der Waals surface area contributed by atoms with Crippen LogP contribution in [0.4, 0.5) is 11.4 Å². The zero-order valence-electron chi connectivity index (χ0n) is 19.5. The van der Waals surface area contributed by atoms with Gasteiger partial charge in [0.25, 0.3) is 0 Å². The number of nitrogens with one attached hydrogen (secondary N) is 1. The van der Waals surface area contributed by atoms with Crippen molar-refractivity contribution >= 4 is 27.3 Å². The van der Waals surface area contributed by atoms with Gasteiger partial charge in [0.15, 0.2) is 0 Å². The van der Waals surface area contributed by atoms with E-state index < -0.39 is 10.0 Å². The molecule has 0 bridgehead atoms. The minimum Gasteiger partial charge on any atom is -0.369 e. The topological polar surface area (TPSA) is 73.0 Å². The third-order valence-electron chi connectivity index (χ3n) is 6.02. The molecule has 0 spiro atoms. The second-order valence-corrected chi connectivity index (χ2v) is 10.1. The molecule has 2 aromatic rings. The van der Waals surface area contributed by atoms with Crippen LogP contribution >= 0.6 is 0 Å². The maximum atomic E-state index is 12.8. The van der Waals surface area contributed by atoms with Crippen molar-refractivity contribution in [1.29, 1.82) is 0 Å². The van der Waals surface area contributed by atoms with Crippen molar-refractivity contribution < 1.29 is 13.2 Å². The standard InChI is InChI=1S/C24H34N4O3S/c1-5-28(6-2)32(30,31)21-12-11-19(3)22(17-21)25-24(29)18-26-13-15-27(16-14-26)23-10-8-7-9-20(23)4/h7-12,17H,5-6,13-16,18H2,1-4H3,(H,25,29). The quantitative estimate of drug-likeness (QED) is 0.658. The summed E-state index contributed by atoms with van der Waals surface area (Å²) in [5, 5.41) is 2.92. The average Bonchev–Trinajstić information content (AvgIpc) is 2.77. The largest absolute Gasteiger partial charge is 0.369 e. The summed E-state index contributed by atoms with van der Waals surface area (Å²) in [6.45, 7) is 12.1.